The average Bonchev–Trinajstić information content (AvgIpc) is 3.23. The van der Waals surface area contributed by atoms with Crippen LogP contribution in [-0.2, 0) is 0 Å². The van der Waals surface area contributed by atoms with E-state index in [1.807, 2.05) is 0 Å². The minimum Gasteiger partial charge on any atom is -0.450 e. The second-order valence-electron chi connectivity index (χ2n) is 6.52. The van der Waals surface area contributed by atoms with Gasteiger partial charge in [-0.05, 0) is 0 Å². The summed E-state index contributed by atoms with van der Waals surface area (Å²) >= 11 is 0. The first-order valence-electron chi connectivity index (χ1n) is 8.50. The first-order valence-corrected chi connectivity index (χ1v) is 8.50. The number of fused-ring (bicyclic) bond motifs is 5. The van der Waals surface area contributed by atoms with Crippen LogP contribution in [0.3, 0.4) is 0 Å². The molecule has 0 amide bonds. The Labute approximate surface area is 179 Å². The minimum atomic E-state index is -2.15. The van der Waals surface area contributed by atoms with Crippen molar-refractivity contribution in [3.05, 3.63) is 62.0 Å². The van der Waals surface area contributed by atoms with Crippen LogP contribution in [0, 0.1) is 64.1 Å². The molecule has 13 heteroatoms. The van der Waals surface area contributed by atoms with E-state index in [2.05, 4.69) is 4.85 Å². The second-order valence-corrected chi connectivity index (χ2v) is 6.52. The van der Waals surface area contributed by atoms with Crippen molar-refractivity contribution in [3.8, 4) is 12.1 Å². The molecule has 0 fully saturated rings. The van der Waals surface area contributed by atoms with Crippen molar-refractivity contribution < 1.29 is 43.9 Å². The van der Waals surface area contributed by atoms with Crippen LogP contribution >= 0.6 is 0 Å². The summed E-state index contributed by atoms with van der Waals surface area (Å²) in [7, 11) is 0. The predicted octanol–water partition coefficient (Wildman–Crippen LogP) is 4.45. The lowest BCUT2D eigenvalue weighted by Crippen LogP contribution is -2.10. The summed E-state index contributed by atoms with van der Waals surface area (Å²) in [5, 5.41) is 6.01. The van der Waals surface area contributed by atoms with Crippen molar-refractivity contribution in [3.63, 3.8) is 0 Å². The van der Waals surface area contributed by atoms with Crippen molar-refractivity contribution >= 4 is 50.3 Å². The van der Waals surface area contributed by atoms with Gasteiger partial charge in [0.25, 0.3) is 0 Å². The molecule has 0 spiro atoms. The Morgan fingerprint density at radius 3 is 1.38 bits per heavy atom. The highest BCUT2D eigenvalue weighted by atomic mass is 19.2. The predicted molar refractivity (Wildman–Crippen MR) is 96.8 cm³/mol. The fraction of sp³-hybridized carbons (Fsp3) is 0. The molecule has 168 valence electrons. The highest BCUT2D eigenvalue weighted by Gasteiger charge is 2.32. The fourth-order valence-corrected chi connectivity index (χ4v) is 3.60. The molecule has 4 nitrogen and oxygen atoms in total. The number of nitriles is 2. The third-order valence-corrected chi connectivity index (χ3v) is 4.94. The molecule has 4 rings (SSSR count). The Morgan fingerprint density at radius 2 is 0.971 bits per heavy atom. The maximum atomic E-state index is 15.1. The molecular formula is C21F9N3O. The Bertz CT molecular complexity index is 1810. The molecule has 0 aliphatic heterocycles. The van der Waals surface area contributed by atoms with Crippen molar-refractivity contribution in [2.45, 2.75) is 0 Å². The molecule has 0 radical (unpaired) electrons. The smallest absolute Gasteiger partial charge is 0.344 e. The largest absolute Gasteiger partial charge is 0.450 e. The van der Waals surface area contributed by atoms with Gasteiger partial charge in [0.2, 0.25) is 11.7 Å². The molecular weight excluding hydrogens is 481 g/mol. The van der Waals surface area contributed by atoms with Crippen LogP contribution in [0.15, 0.2) is 4.42 Å². The van der Waals surface area contributed by atoms with Gasteiger partial charge < -0.3 is 4.42 Å². The topological polar surface area (TPSA) is 65.1 Å². The van der Waals surface area contributed by atoms with Gasteiger partial charge in [0.15, 0.2) is 22.8 Å². The molecule has 0 saturated heterocycles. The second kappa shape index (κ2) is 7.42. The number of hydrogen-bond donors (Lipinski definition) is 0. The third-order valence-electron chi connectivity index (χ3n) is 4.94. The van der Waals surface area contributed by atoms with E-state index in [1.54, 1.807) is 0 Å². The zero-order chi connectivity index (χ0) is 25.2. The van der Waals surface area contributed by atoms with E-state index in [0.717, 1.165) is 12.1 Å². The van der Waals surface area contributed by atoms with E-state index >= 15 is 8.78 Å². The summed E-state index contributed by atoms with van der Waals surface area (Å²) in [5.74, 6) is -18.9. The van der Waals surface area contributed by atoms with Crippen LogP contribution in [0.2, 0.25) is 0 Å². The summed E-state index contributed by atoms with van der Waals surface area (Å²) in [5.41, 5.74) is -3.16. The first-order chi connectivity index (χ1) is 16.0. The SMILES string of the molecule is [C-]#[N+]/C(F)=c1/c(F)c2oc3c(F)/c(=C(/F)C#N)c(F)c3c3c(F)/c(=C(/F)C#N)c(F)c3c2c1F. The summed E-state index contributed by atoms with van der Waals surface area (Å²) < 4.78 is 136. The molecule has 0 aliphatic carbocycles. The molecule has 0 N–H and O–H groups in total. The Kier molecular flexibility index (Phi) is 4.91. The normalized spacial score (nSPS) is 14.2. The van der Waals surface area contributed by atoms with Gasteiger partial charge in [-0.2, -0.15) is 19.3 Å². The Morgan fingerprint density at radius 1 is 0.618 bits per heavy atom. The highest BCUT2D eigenvalue weighted by molar-refractivity contribution is 6.17. The number of halogens is 9. The zero-order valence-electron chi connectivity index (χ0n) is 15.7. The van der Waals surface area contributed by atoms with Crippen molar-refractivity contribution in [1.29, 1.82) is 10.5 Å². The van der Waals surface area contributed by atoms with E-state index < -0.39 is 101 Å². The van der Waals surface area contributed by atoms with Gasteiger partial charge in [0.05, 0.1) is 33.0 Å². The quantitative estimate of drug-likeness (QED) is 0.212. The standard InChI is InChI=1S/C21F9N3O/c1-33-21(30)12-16(27)11-9-8(13(24)6(14(9)25)4(22)2-31)10-15(26)7(5(23)3-32)17(28)19(10)34-20(11)18(12)29/b6-4-,7-5+,21-12+. The molecule has 0 bridgehead atoms. The summed E-state index contributed by atoms with van der Waals surface area (Å²) in [6, 6.07) is 1.50. The van der Waals surface area contributed by atoms with Crippen molar-refractivity contribution in [1.82, 2.24) is 0 Å². The highest BCUT2D eigenvalue weighted by Crippen LogP contribution is 2.38. The molecule has 1 aromatic heterocycles. The first kappa shape index (κ1) is 22.5. The van der Waals surface area contributed by atoms with Gasteiger partial charge in [-0.1, -0.05) is 0 Å². The lowest BCUT2D eigenvalue weighted by molar-refractivity contribution is 0.545. The van der Waals surface area contributed by atoms with Crippen LogP contribution in [0.5, 0.6) is 0 Å². The van der Waals surface area contributed by atoms with Gasteiger partial charge in [-0.3, -0.25) is 0 Å². The van der Waals surface area contributed by atoms with Gasteiger partial charge in [-0.15, -0.1) is 0 Å². The number of hydrogen-bond acceptors (Lipinski definition) is 3. The van der Waals surface area contributed by atoms with Crippen LogP contribution in [0.4, 0.5) is 39.5 Å². The molecule has 1 heterocycles. The van der Waals surface area contributed by atoms with Crippen LogP contribution in [-0.4, -0.2) is 0 Å². The third kappa shape index (κ3) is 2.60. The summed E-state index contributed by atoms with van der Waals surface area (Å²) in [6.45, 7) is 6.58. The van der Waals surface area contributed by atoms with Gasteiger partial charge in [-0.25, -0.2) is 35.6 Å². The molecule has 0 unspecified atom stereocenters. The molecule has 34 heavy (non-hydrogen) atoms. The fourth-order valence-electron chi connectivity index (χ4n) is 3.60. The summed E-state index contributed by atoms with van der Waals surface area (Å²) in [4.78, 5) is 2.17. The Balaban J connectivity index is 2.66. The van der Waals surface area contributed by atoms with Gasteiger partial charge >= 0.3 is 5.95 Å². The van der Waals surface area contributed by atoms with Crippen molar-refractivity contribution in [2.75, 3.05) is 0 Å². The number of rotatable bonds is 0. The van der Waals surface area contributed by atoms with Crippen LogP contribution < -0.4 is 15.7 Å². The van der Waals surface area contributed by atoms with E-state index in [-0.39, 0.29) is 0 Å². The minimum absolute atomic E-state index is 0.745. The van der Waals surface area contributed by atoms with E-state index in [0.29, 0.717) is 0 Å². The van der Waals surface area contributed by atoms with Gasteiger partial charge in [0, 0.05) is 10.8 Å². The summed E-state index contributed by atoms with van der Waals surface area (Å²) in [6.07, 6.45) is 0. The maximum absolute atomic E-state index is 15.1. The van der Waals surface area contributed by atoms with Gasteiger partial charge in [0.1, 0.15) is 35.4 Å². The number of nitrogens with zero attached hydrogens (tertiary/aromatic N) is 3. The molecule has 0 atom stereocenters. The monoisotopic (exact) mass is 481 g/mol. The molecule has 0 aliphatic rings. The van der Waals surface area contributed by atoms with E-state index in [1.165, 1.54) is 0 Å². The molecule has 0 saturated carbocycles. The molecule has 3 aromatic carbocycles. The molecule has 4 aromatic rings. The van der Waals surface area contributed by atoms with E-state index in [4.69, 9.17) is 21.5 Å². The van der Waals surface area contributed by atoms with Crippen molar-refractivity contribution in [2.24, 2.45) is 0 Å². The van der Waals surface area contributed by atoms with E-state index in [9.17, 15) is 30.7 Å². The lowest BCUT2D eigenvalue weighted by Gasteiger charge is -1.91. The Hall–Kier alpha value is -4.70. The average molecular weight is 481 g/mol. The zero-order valence-corrected chi connectivity index (χ0v) is 15.7. The maximum Gasteiger partial charge on any atom is 0.344 e. The lowest BCUT2D eigenvalue weighted by atomic mass is 10.1. The van der Waals surface area contributed by atoms with Crippen LogP contribution in [0.1, 0.15) is 0 Å². The van der Waals surface area contributed by atoms with Crippen LogP contribution in [0.25, 0.3) is 55.2 Å².